The van der Waals surface area contributed by atoms with E-state index in [0.717, 1.165) is 0 Å². The van der Waals surface area contributed by atoms with E-state index in [2.05, 4.69) is 15.0 Å². The summed E-state index contributed by atoms with van der Waals surface area (Å²) in [7, 11) is 3.47. The third kappa shape index (κ3) is 3.04. The quantitative estimate of drug-likeness (QED) is 0.581. The van der Waals surface area contributed by atoms with Crippen molar-refractivity contribution in [1.82, 2.24) is 9.97 Å². The average molecular weight is 257 g/mol. The Hall–Kier alpha value is -1.89. The predicted molar refractivity (Wildman–Crippen MR) is 67.4 cm³/mol. The third-order valence-electron chi connectivity index (χ3n) is 1.77. The molecule has 92 valence electrons. The standard InChI is InChI=1S/C9H13ClN6O/c1-4(11)13-9(17)5-7(12)15-8(16(2)3)6(10)14-5/h1-3H3,(H2,12,15)(H2,11,13,17). The van der Waals surface area contributed by atoms with Gasteiger partial charge in [-0.2, -0.15) is 4.99 Å². The van der Waals surface area contributed by atoms with E-state index >= 15 is 0 Å². The van der Waals surface area contributed by atoms with E-state index < -0.39 is 5.91 Å². The molecule has 0 saturated heterocycles. The third-order valence-corrected chi connectivity index (χ3v) is 2.02. The fourth-order valence-electron chi connectivity index (χ4n) is 1.07. The lowest BCUT2D eigenvalue weighted by atomic mass is 10.4. The van der Waals surface area contributed by atoms with E-state index in [0.29, 0.717) is 5.82 Å². The number of aliphatic imine (C=N–C) groups is 1. The molecular weight excluding hydrogens is 244 g/mol. The predicted octanol–water partition coefficient (Wildman–Crippen LogP) is 0.295. The highest BCUT2D eigenvalue weighted by atomic mass is 35.5. The van der Waals surface area contributed by atoms with Crippen molar-refractivity contribution in [2.24, 2.45) is 10.7 Å². The first-order chi connectivity index (χ1) is 7.82. The molecule has 0 aliphatic rings. The van der Waals surface area contributed by atoms with Crippen LogP contribution in [-0.4, -0.2) is 35.8 Å². The summed E-state index contributed by atoms with van der Waals surface area (Å²) in [5.41, 5.74) is 10.8. The van der Waals surface area contributed by atoms with Gasteiger partial charge < -0.3 is 16.4 Å². The molecule has 0 radical (unpaired) electrons. The van der Waals surface area contributed by atoms with Crippen molar-refractivity contribution in [3.63, 3.8) is 0 Å². The SMILES string of the molecule is CC(N)=NC(=O)c1nc(Cl)c(N(C)C)nc1N. The number of amides is 1. The largest absolute Gasteiger partial charge is 0.387 e. The van der Waals surface area contributed by atoms with Crippen LogP contribution in [0.25, 0.3) is 0 Å². The van der Waals surface area contributed by atoms with Crippen LogP contribution in [0.4, 0.5) is 11.6 Å². The zero-order valence-electron chi connectivity index (χ0n) is 9.73. The number of carbonyl (C=O) groups is 1. The lowest BCUT2D eigenvalue weighted by Gasteiger charge is -2.13. The van der Waals surface area contributed by atoms with Crippen molar-refractivity contribution >= 4 is 35.0 Å². The smallest absolute Gasteiger partial charge is 0.301 e. The number of anilines is 2. The summed E-state index contributed by atoms with van der Waals surface area (Å²) in [6, 6.07) is 0. The monoisotopic (exact) mass is 256 g/mol. The number of halogens is 1. The maximum Gasteiger partial charge on any atom is 0.301 e. The molecule has 8 heteroatoms. The first-order valence-corrected chi connectivity index (χ1v) is 5.06. The maximum absolute atomic E-state index is 11.6. The van der Waals surface area contributed by atoms with Crippen LogP contribution in [0, 0.1) is 0 Å². The highest BCUT2D eigenvalue weighted by molar-refractivity contribution is 6.32. The van der Waals surface area contributed by atoms with Gasteiger partial charge in [0.15, 0.2) is 22.5 Å². The van der Waals surface area contributed by atoms with E-state index in [4.69, 9.17) is 23.1 Å². The van der Waals surface area contributed by atoms with Gasteiger partial charge in [-0.05, 0) is 6.92 Å². The van der Waals surface area contributed by atoms with E-state index in [1.54, 1.807) is 19.0 Å². The Kier molecular flexibility index (Phi) is 3.84. The Bertz CT molecular complexity index is 481. The Morgan fingerprint density at radius 2 is 2.00 bits per heavy atom. The lowest BCUT2D eigenvalue weighted by Crippen LogP contribution is -2.17. The maximum atomic E-state index is 11.6. The van der Waals surface area contributed by atoms with Crippen molar-refractivity contribution in [1.29, 1.82) is 0 Å². The highest BCUT2D eigenvalue weighted by Crippen LogP contribution is 2.22. The van der Waals surface area contributed by atoms with Crippen LogP contribution in [0.15, 0.2) is 4.99 Å². The second kappa shape index (κ2) is 4.96. The van der Waals surface area contributed by atoms with Gasteiger partial charge in [-0.15, -0.1) is 0 Å². The Morgan fingerprint density at radius 1 is 1.41 bits per heavy atom. The summed E-state index contributed by atoms with van der Waals surface area (Å²) in [5.74, 6) is -0.200. The first-order valence-electron chi connectivity index (χ1n) is 4.68. The molecule has 0 aliphatic heterocycles. The molecule has 1 aromatic heterocycles. The number of aromatic nitrogens is 2. The molecular formula is C9H13ClN6O. The minimum Gasteiger partial charge on any atom is -0.387 e. The zero-order valence-corrected chi connectivity index (χ0v) is 10.5. The molecule has 1 aromatic rings. The van der Waals surface area contributed by atoms with Crippen molar-refractivity contribution < 1.29 is 4.79 Å². The molecule has 0 aromatic carbocycles. The topological polar surface area (TPSA) is 110 Å². The van der Waals surface area contributed by atoms with E-state index in [1.807, 2.05) is 0 Å². The van der Waals surface area contributed by atoms with E-state index in [-0.39, 0.29) is 22.5 Å². The summed E-state index contributed by atoms with van der Waals surface area (Å²) in [6.45, 7) is 1.48. The molecule has 0 unspecified atom stereocenters. The minimum absolute atomic E-state index is 0.0342. The second-order valence-corrected chi connectivity index (χ2v) is 3.88. The lowest BCUT2D eigenvalue weighted by molar-refractivity contribution is 0.0998. The number of hydrogen-bond donors (Lipinski definition) is 2. The number of hydrogen-bond acceptors (Lipinski definition) is 5. The van der Waals surface area contributed by atoms with Crippen LogP contribution in [0.3, 0.4) is 0 Å². The second-order valence-electron chi connectivity index (χ2n) is 3.52. The van der Waals surface area contributed by atoms with Gasteiger partial charge in [0.2, 0.25) is 0 Å². The van der Waals surface area contributed by atoms with Gasteiger partial charge in [0, 0.05) is 14.1 Å². The fourth-order valence-corrected chi connectivity index (χ4v) is 1.37. The van der Waals surface area contributed by atoms with Crippen LogP contribution >= 0.6 is 11.6 Å². The van der Waals surface area contributed by atoms with Crippen LogP contribution in [0.1, 0.15) is 17.4 Å². The molecule has 0 saturated carbocycles. The summed E-state index contributed by atoms with van der Waals surface area (Å²) < 4.78 is 0. The van der Waals surface area contributed by atoms with Gasteiger partial charge in [0.25, 0.3) is 0 Å². The van der Waals surface area contributed by atoms with Crippen LogP contribution < -0.4 is 16.4 Å². The normalized spacial score (nSPS) is 11.4. The summed E-state index contributed by atoms with van der Waals surface area (Å²) >= 11 is 5.87. The van der Waals surface area contributed by atoms with Crippen LogP contribution in [0.5, 0.6) is 0 Å². The number of amidine groups is 1. The van der Waals surface area contributed by atoms with E-state index in [1.165, 1.54) is 6.92 Å². The van der Waals surface area contributed by atoms with Crippen molar-refractivity contribution in [2.75, 3.05) is 24.7 Å². The fraction of sp³-hybridized carbons (Fsp3) is 0.333. The molecule has 0 fully saturated rings. The molecule has 1 amide bonds. The summed E-state index contributed by atoms with van der Waals surface area (Å²) in [6.07, 6.45) is 0. The van der Waals surface area contributed by atoms with Crippen molar-refractivity contribution in [3.05, 3.63) is 10.8 Å². The molecule has 17 heavy (non-hydrogen) atoms. The molecule has 4 N–H and O–H groups in total. The van der Waals surface area contributed by atoms with Gasteiger partial charge >= 0.3 is 5.91 Å². The number of nitrogen functional groups attached to an aromatic ring is 1. The Morgan fingerprint density at radius 3 is 2.47 bits per heavy atom. The number of nitrogens with two attached hydrogens (primary N) is 2. The minimum atomic E-state index is -0.665. The number of nitrogens with zero attached hydrogens (tertiary/aromatic N) is 4. The van der Waals surface area contributed by atoms with Gasteiger partial charge in [-0.25, -0.2) is 9.97 Å². The van der Waals surface area contributed by atoms with Gasteiger partial charge in [-0.3, -0.25) is 4.79 Å². The van der Waals surface area contributed by atoms with Crippen LogP contribution in [0.2, 0.25) is 5.15 Å². The number of rotatable bonds is 2. The summed E-state index contributed by atoms with van der Waals surface area (Å²) in [5, 5.41) is 0.0809. The zero-order chi connectivity index (χ0) is 13.2. The van der Waals surface area contributed by atoms with Crippen LogP contribution in [-0.2, 0) is 0 Å². The first kappa shape index (κ1) is 13.2. The molecule has 1 rings (SSSR count). The van der Waals surface area contributed by atoms with Gasteiger partial charge in [0.05, 0.1) is 0 Å². The molecule has 0 atom stereocenters. The Balaban J connectivity index is 3.25. The number of carbonyl (C=O) groups excluding carboxylic acids is 1. The molecule has 0 bridgehead atoms. The molecule has 7 nitrogen and oxygen atoms in total. The van der Waals surface area contributed by atoms with Gasteiger partial charge in [0.1, 0.15) is 5.84 Å². The summed E-state index contributed by atoms with van der Waals surface area (Å²) in [4.78, 5) is 24.6. The molecule has 0 aliphatic carbocycles. The van der Waals surface area contributed by atoms with Gasteiger partial charge in [-0.1, -0.05) is 11.6 Å². The van der Waals surface area contributed by atoms with Crippen molar-refractivity contribution in [2.45, 2.75) is 6.92 Å². The highest BCUT2D eigenvalue weighted by Gasteiger charge is 2.17. The molecule has 0 spiro atoms. The van der Waals surface area contributed by atoms with E-state index in [9.17, 15) is 4.79 Å². The Labute approximate surface area is 103 Å². The molecule has 1 heterocycles. The van der Waals surface area contributed by atoms with Crippen molar-refractivity contribution in [3.8, 4) is 0 Å². The average Bonchev–Trinajstić information content (AvgIpc) is 2.19.